The molecule has 1 aromatic carbocycles. The Balaban J connectivity index is 2.14. The highest BCUT2D eigenvalue weighted by atomic mass is 19.4. The van der Waals surface area contributed by atoms with Crippen molar-refractivity contribution in [3.05, 3.63) is 53.6 Å². The van der Waals surface area contributed by atoms with Crippen LogP contribution in [0.25, 0.3) is 0 Å². The number of nitrogens with one attached hydrogen (secondary N) is 2. The molecule has 0 aliphatic carbocycles. The molecule has 0 bridgehead atoms. The summed E-state index contributed by atoms with van der Waals surface area (Å²) in [4.78, 5) is 14.8. The van der Waals surface area contributed by atoms with E-state index in [-0.39, 0.29) is 5.69 Å². The van der Waals surface area contributed by atoms with Crippen molar-refractivity contribution in [1.82, 2.24) is 4.98 Å². The standard InChI is InChI=1S/C14H8F7N3O/c15-10-2-1-7(5-9(10)13(16,17)18)23-12(25)24-8-3-4-22-11(6-8)14(19,20)21/h1-6H,(H2,22,23,24,25). The number of carbonyl (C=O) groups is 1. The van der Waals surface area contributed by atoms with Gasteiger partial charge in [-0.05, 0) is 30.3 Å². The lowest BCUT2D eigenvalue weighted by Crippen LogP contribution is -2.20. The van der Waals surface area contributed by atoms with Crippen molar-refractivity contribution in [2.75, 3.05) is 10.6 Å². The van der Waals surface area contributed by atoms with Crippen molar-refractivity contribution in [3.63, 3.8) is 0 Å². The zero-order valence-electron chi connectivity index (χ0n) is 12.0. The first-order valence-electron chi connectivity index (χ1n) is 6.45. The van der Waals surface area contributed by atoms with E-state index < -0.39 is 41.1 Å². The number of anilines is 2. The molecule has 11 heteroatoms. The molecule has 2 amide bonds. The molecule has 2 N–H and O–H groups in total. The first-order valence-corrected chi connectivity index (χ1v) is 6.45. The second-order valence-electron chi connectivity index (χ2n) is 4.70. The number of hydrogen-bond donors (Lipinski definition) is 2. The summed E-state index contributed by atoms with van der Waals surface area (Å²) in [5, 5.41) is 3.98. The Morgan fingerprint density at radius 1 is 0.880 bits per heavy atom. The van der Waals surface area contributed by atoms with Crippen molar-refractivity contribution in [1.29, 1.82) is 0 Å². The van der Waals surface area contributed by atoms with Crippen LogP contribution in [0.2, 0.25) is 0 Å². The number of carbonyl (C=O) groups excluding carboxylic acids is 1. The highest BCUT2D eigenvalue weighted by Gasteiger charge is 2.34. The van der Waals surface area contributed by atoms with Gasteiger partial charge in [-0.15, -0.1) is 0 Å². The Labute approximate surface area is 135 Å². The molecule has 1 heterocycles. The fraction of sp³-hybridized carbons (Fsp3) is 0.143. The fourth-order valence-electron chi connectivity index (χ4n) is 1.78. The topological polar surface area (TPSA) is 54.0 Å². The van der Waals surface area contributed by atoms with Crippen LogP contribution in [0.15, 0.2) is 36.5 Å². The zero-order chi connectivity index (χ0) is 18.8. The molecule has 0 aliphatic heterocycles. The maximum Gasteiger partial charge on any atom is 0.433 e. The van der Waals surface area contributed by atoms with Crippen LogP contribution in [0.3, 0.4) is 0 Å². The van der Waals surface area contributed by atoms with Crippen molar-refractivity contribution in [3.8, 4) is 0 Å². The third-order valence-corrected chi connectivity index (χ3v) is 2.84. The number of rotatable bonds is 2. The number of urea groups is 1. The lowest BCUT2D eigenvalue weighted by molar-refractivity contribution is -0.141. The lowest BCUT2D eigenvalue weighted by Gasteiger charge is -2.12. The Bertz CT molecular complexity index is 787. The smallest absolute Gasteiger partial charge is 0.308 e. The van der Waals surface area contributed by atoms with Crippen molar-refractivity contribution < 1.29 is 35.5 Å². The van der Waals surface area contributed by atoms with Gasteiger partial charge in [-0.25, -0.2) is 9.18 Å². The lowest BCUT2D eigenvalue weighted by atomic mass is 10.2. The van der Waals surface area contributed by atoms with E-state index in [1.54, 1.807) is 0 Å². The summed E-state index contributed by atoms with van der Waals surface area (Å²) in [5.74, 6) is -1.53. The van der Waals surface area contributed by atoms with Gasteiger partial charge in [0.25, 0.3) is 0 Å². The van der Waals surface area contributed by atoms with E-state index in [1.165, 1.54) is 0 Å². The van der Waals surface area contributed by atoms with Gasteiger partial charge in [0.1, 0.15) is 11.5 Å². The average molecular weight is 367 g/mol. The summed E-state index contributed by atoms with van der Waals surface area (Å²) in [6, 6.07) is 2.23. The Hall–Kier alpha value is -2.85. The summed E-state index contributed by atoms with van der Waals surface area (Å²) in [6.45, 7) is 0. The van der Waals surface area contributed by atoms with Crippen molar-refractivity contribution >= 4 is 17.4 Å². The molecular formula is C14H8F7N3O. The number of aromatic nitrogens is 1. The highest BCUT2D eigenvalue weighted by Crippen LogP contribution is 2.33. The van der Waals surface area contributed by atoms with E-state index in [0.29, 0.717) is 18.2 Å². The predicted octanol–water partition coefficient (Wildman–Crippen LogP) is 4.90. The van der Waals surface area contributed by atoms with Gasteiger partial charge < -0.3 is 10.6 Å². The van der Waals surface area contributed by atoms with Crippen LogP contribution < -0.4 is 10.6 Å². The van der Waals surface area contributed by atoms with Crippen molar-refractivity contribution in [2.45, 2.75) is 12.4 Å². The van der Waals surface area contributed by atoms with Crippen LogP contribution in [0.4, 0.5) is 46.9 Å². The number of amides is 2. The van der Waals surface area contributed by atoms with Crippen molar-refractivity contribution in [2.24, 2.45) is 0 Å². The fourth-order valence-corrected chi connectivity index (χ4v) is 1.78. The first-order chi connectivity index (χ1) is 11.5. The normalized spacial score (nSPS) is 12.0. The number of benzene rings is 1. The minimum Gasteiger partial charge on any atom is -0.308 e. The molecule has 4 nitrogen and oxygen atoms in total. The van der Waals surface area contributed by atoms with E-state index in [0.717, 1.165) is 18.3 Å². The summed E-state index contributed by atoms with van der Waals surface area (Å²) >= 11 is 0. The Kier molecular flexibility index (Phi) is 4.86. The molecule has 0 saturated heterocycles. The van der Waals surface area contributed by atoms with Gasteiger partial charge >= 0.3 is 18.4 Å². The van der Waals surface area contributed by atoms with Gasteiger partial charge in [-0.1, -0.05) is 0 Å². The molecule has 0 unspecified atom stereocenters. The molecule has 0 aliphatic rings. The van der Waals surface area contributed by atoms with E-state index in [2.05, 4.69) is 4.98 Å². The van der Waals surface area contributed by atoms with E-state index in [9.17, 15) is 35.5 Å². The molecule has 0 spiro atoms. The maximum absolute atomic E-state index is 13.1. The van der Waals surface area contributed by atoms with E-state index >= 15 is 0 Å². The predicted molar refractivity (Wildman–Crippen MR) is 73.3 cm³/mol. The van der Waals surface area contributed by atoms with Crippen LogP contribution in [0.5, 0.6) is 0 Å². The maximum atomic E-state index is 13.1. The molecule has 134 valence electrons. The number of pyridine rings is 1. The largest absolute Gasteiger partial charge is 0.433 e. The van der Waals surface area contributed by atoms with Gasteiger partial charge in [0.15, 0.2) is 0 Å². The SMILES string of the molecule is O=C(Nc1ccnc(C(F)(F)F)c1)Nc1ccc(F)c(C(F)(F)F)c1. The van der Waals surface area contributed by atoms with Gasteiger partial charge in [0.05, 0.1) is 5.56 Å². The summed E-state index contributed by atoms with van der Waals surface area (Å²) in [6.07, 6.45) is -8.89. The summed E-state index contributed by atoms with van der Waals surface area (Å²) in [5.41, 5.74) is -3.52. The first kappa shape index (κ1) is 18.5. The monoisotopic (exact) mass is 367 g/mol. The molecule has 2 rings (SSSR count). The van der Waals surface area contributed by atoms with E-state index in [4.69, 9.17) is 0 Å². The van der Waals surface area contributed by atoms with Gasteiger partial charge in [-0.2, -0.15) is 26.3 Å². The van der Waals surface area contributed by atoms with Gasteiger partial charge in [0, 0.05) is 17.6 Å². The molecular weight excluding hydrogens is 359 g/mol. The number of alkyl halides is 6. The number of nitrogens with zero attached hydrogens (tertiary/aromatic N) is 1. The van der Waals surface area contributed by atoms with Gasteiger partial charge in [-0.3, -0.25) is 4.98 Å². The Morgan fingerprint density at radius 2 is 1.48 bits per heavy atom. The zero-order valence-corrected chi connectivity index (χ0v) is 12.0. The second-order valence-corrected chi connectivity index (χ2v) is 4.70. The molecule has 0 saturated carbocycles. The summed E-state index contributed by atoms with van der Waals surface area (Å²) < 4.78 is 88.4. The molecule has 25 heavy (non-hydrogen) atoms. The second kappa shape index (κ2) is 6.57. The minimum atomic E-state index is -4.97. The molecule has 0 radical (unpaired) electrons. The average Bonchev–Trinajstić information content (AvgIpc) is 2.47. The van der Waals surface area contributed by atoms with Gasteiger partial charge in [0.2, 0.25) is 0 Å². The third kappa shape index (κ3) is 4.81. The van der Waals surface area contributed by atoms with Crippen LogP contribution in [0, 0.1) is 5.82 Å². The quantitative estimate of drug-likeness (QED) is 0.742. The minimum absolute atomic E-state index is 0.280. The summed E-state index contributed by atoms with van der Waals surface area (Å²) in [7, 11) is 0. The number of halogens is 7. The molecule has 1 aromatic heterocycles. The van der Waals surface area contributed by atoms with Crippen LogP contribution in [-0.2, 0) is 12.4 Å². The highest BCUT2D eigenvalue weighted by molar-refractivity contribution is 5.99. The molecule has 0 fully saturated rings. The van der Waals surface area contributed by atoms with Crippen LogP contribution in [0.1, 0.15) is 11.3 Å². The van der Waals surface area contributed by atoms with Crippen LogP contribution >= 0.6 is 0 Å². The van der Waals surface area contributed by atoms with E-state index in [1.807, 2.05) is 10.6 Å². The number of hydrogen-bond acceptors (Lipinski definition) is 2. The Morgan fingerprint density at radius 3 is 2.04 bits per heavy atom. The van der Waals surface area contributed by atoms with Crippen LogP contribution in [-0.4, -0.2) is 11.0 Å². The third-order valence-electron chi connectivity index (χ3n) is 2.84. The molecule has 0 atom stereocenters. The molecule has 2 aromatic rings.